The van der Waals surface area contributed by atoms with E-state index in [4.69, 9.17) is 17.0 Å². The van der Waals surface area contributed by atoms with Crippen molar-refractivity contribution in [2.24, 2.45) is 0 Å². The number of halogens is 1. The van der Waals surface area contributed by atoms with Crippen molar-refractivity contribution in [3.63, 3.8) is 0 Å². The van der Waals surface area contributed by atoms with Crippen molar-refractivity contribution in [2.75, 3.05) is 44.7 Å². The minimum Gasteiger partial charge on any atom is -0.370 e. The molecule has 0 saturated carbocycles. The molecule has 1 aliphatic rings. The number of nitrogens with one attached hydrogen (secondary N) is 2. The molecule has 0 unspecified atom stereocenters. The summed E-state index contributed by atoms with van der Waals surface area (Å²) >= 11 is 5.67. The van der Waals surface area contributed by atoms with E-state index in [1.807, 2.05) is 37.3 Å². The highest BCUT2D eigenvalue weighted by Gasteiger charge is 2.18. The van der Waals surface area contributed by atoms with Crippen molar-refractivity contribution in [3.8, 4) is 0 Å². The summed E-state index contributed by atoms with van der Waals surface area (Å²) in [5.41, 5.74) is 2.78. The summed E-state index contributed by atoms with van der Waals surface area (Å²) in [6, 6.07) is 15.0. The van der Waals surface area contributed by atoms with Gasteiger partial charge in [-0.3, -0.25) is 0 Å². The van der Waals surface area contributed by atoms with E-state index in [2.05, 4.69) is 16.3 Å². The molecule has 4 nitrogen and oxygen atoms in total. The summed E-state index contributed by atoms with van der Waals surface area (Å²) in [4.78, 5) is 3.55. The Labute approximate surface area is 165 Å². The van der Waals surface area contributed by atoms with Crippen LogP contribution in [0.15, 0.2) is 48.5 Å². The minimum absolute atomic E-state index is 0.195. The number of aryl methyl sites for hydroxylation is 1. The van der Waals surface area contributed by atoms with E-state index in [9.17, 15) is 4.39 Å². The van der Waals surface area contributed by atoms with Crippen LogP contribution in [0.3, 0.4) is 0 Å². The van der Waals surface area contributed by atoms with Crippen LogP contribution in [0.2, 0.25) is 0 Å². The number of hydrogen-bond donors (Lipinski definition) is 2. The zero-order chi connectivity index (χ0) is 19.1. The Hall–Kier alpha value is -2.02. The van der Waals surface area contributed by atoms with Crippen LogP contribution < -0.4 is 10.2 Å². The number of quaternary nitrogens is 1. The zero-order valence-corrected chi connectivity index (χ0v) is 16.5. The molecule has 27 heavy (non-hydrogen) atoms. The van der Waals surface area contributed by atoms with Crippen LogP contribution in [0.4, 0.5) is 10.1 Å². The molecule has 1 heterocycles. The molecule has 0 spiro atoms. The third-order valence-corrected chi connectivity index (χ3v) is 5.17. The predicted octanol–water partition coefficient (Wildman–Crippen LogP) is 2.25. The molecule has 0 bridgehead atoms. The third-order valence-electron chi connectivity index (χ3n) is 4.81. The molecule has 0 atom stereocenters. The fraction of sp³-hybridized carbons (Fsp3) is 0.381. The normalized spacial score (nSPS) is 14.7. The standard InChI is InChI=1S/C21H26FN3OS/c1-17-5-4-7-19(15-17)23-21(27)25(10-9-24-11-13-26-14-12-24)16-18-6-2-3-8-20(18)22/h2-8,15H,9-14,16H2,1H3,(H,23,27)/p+1. The van der Waals surface area contributed by atoms with Gasteiger partial charge in [-0.1, -0.05) is 30.3 Å². The fourth-order valence-corrected chi connectivity index (χ4v) is 3.49. The van der Waals surface area contributed by atoms with E-state index in [0.717, 1.165) is 45.1 Å². The Morgan fingerprint density at radius 2 is 1.96 bits per heavy atom. The number of benzene rings is 2. The van der Waals surface area contributed by atoms with Crippen LogP contribution in [-0.4, -0.2) is 49.4 Å². The largest absolute Gasteiger partial charge is 0.370 e. The van der Waals surface area contributed by atoms with Crippen LogP contribution >= 0.6 is 12.2 Å². The van der Waals surface area contributed by atoms with Crippen LogP contribution in [0.25, 0.3) is 0 Å². The lowest BCUT2D eigenvalue weighted by Crippen LogP contribution is -3.14. The molecule has 0 aliphatic carbocycles. The monoisotopic (exact) mass is 388 g/mol. The molecule has 1 fully saturated rings. The second-order valence-electron chi connectivity index (χ2n) is 6.92. The van der Waals surface area contributed by atoms with Gasteiger partial charge >= 0.3 is 0 Å². The van der Waals surface area contributed by atoms with Gasteiger partial charge in [0.25, 0.3) is 0 Å². The van der Waals surface area contributed by atoms with E-state index in [1.54, 1.807) is 6.07 Å². The van der Waals surface area contributed by atoms with Crippen molar-refractivity contribution < 1.29 is 14.0 Å². The number of anilines is 1. The quantitative estimate of drug-likeness (QED) is 0.743. The average molecular weight is 389 g/mol. The third kappa shape index (κ3) is 5.99. The number of thiocarbonyl (C=S) groups is 1. The van der Waals surface area contributed by atoms with Gasteiger partial charge < -0.3 is 19.9 Å². The van der Waals surface area contributed by atoms with E-state index >= 15 is 0 Å². The van der Waals surface area contributed by atoms with Crippen molar-refractivity contribution in [1.82, 2.24) is 4.90 Å². The molecule has 0 radical (unpaired) electrons. The Bertz CT molecular complexity index is 765. The summed E-state index contributed by atoms with van der Waals surface area (Å²) in [5.74, 6) is -0.195. The summed E-state index contributed by atoms with van der Waals surface area (Å²) in [5, 5.41) is 3.93. The lowest BCUT2D eigenvalue weighted by molar-refractivity contribution is -0.907. The van der Waals surface area contributed by atoms with E-state index in [-0.39, 0.29) is 5.82 Å². The molecule has 3 rings (SSSR count). The number of ether oxygens (including phenoxy) is 1. The summed E-state index contributed by atoms with van der Waals surface area (Å²) < 4.78 is 19.6. The molecule has 2 aromatic carbocycles. The first-order valence-electron chi connectivity index (χ1n) is 9.39. The highest BCUT2D eigenvalue weighted by molar-refractivity contribution is 7.80. The predicted molar refractivity (Wildman–Crippen MR) is 111 cm³/mol. The second-order valence-corrected chi connectivity index (χ2v) is 7.31. The molecule has 1 aliphatic heterocycles. The molecule has 144 valence electrons. The summed E-state index contributed by atoms with van der Waals surface area (Å²) in [7, 11) is 0. The number of morpholine rings is 1. The van der Waals surface area contributed by atoms with Gasteiger partial charge in [-0.05, 0) is 42.9 Å². The van der Waals surface area contributed by atoms with Gasteiger partial charge in [0.15, 0.2) is 5.11 Å². The van der Waals surface area contributed by atoms with E-state index in [1.165, 1.54) is 16.5 Å². The molecule has 2 N–H and O–H groups in total. The highest BCUT2D eigenvalue weighted by Crippen LogP contribution is 2.14. The first-order valence-corrected chi connectivity index (χ1v) is 9.80. The highest BCUT2D eigenvalue weighted by atomic mass is 32.1. The SMILES string of the molecule is Cc1cccc(NC(=S)N(CC[NH+]2CCOCC2)Cc2ccccc2F)c1. The smallest absolute Gasteiger partial charge is 0.173 e. The molecule has 0 amide bonds. The van der Waals surface area contributed by atoms with Gasteiger partial charge in [0.05, 0.1) is 26.3 Å². The van der Waals surface area contributed by atoms with Crippen molar-refractivity contribution in [1.29, 1.82) is 0 Å². The maximum Gasteiger partial charge on any atom is 0.173 e. The van der Waals surface area contributed by atoms with Crippen molar-refractivity contribution in [2.45, 2.75) is 13.5 Å². The molecule has 2 aromatic rings. The Kier molecular flexibility index (Phi) is 7.15. The second kappa shape index (κ2) is 9.78. The van der Waals surface area contributed by atoms with Gasteiger partial charge in [-0.25, -0.2) is 4.39 Å². The number of nitrogens with zero attached hydrogens (tertiary/aromatic N) is 1. The topological polar surface area (TPSA) is 28.9 Å². The average Bonchev–Trinajstić information content (AvgIpc) is 2.67. The molecule has 1 saturated heterocycles. The van der Waals surface area contributed by atoms with Crippen LogP contribution in [0.1, 0.15) is 11.1 Å². The van der Waals surface area contributed by atoms with Crippen LogP contribution in [0.5, 0.6) is 0 Å². The van der Waals surface area contributed by atoms with Crippen LogP contribution in [-0.2, 0) is 11.3 Å². The van der Waals surface area contributed by atoms with Gasteiger partial charge in [-0.2, -0.15) is 0 Å². The zero-order valence-electron chi connectivity index (χ0n) is 15.7. The summed E-state index contributed by atoms with van der Waals surface area (Å²) in [6.07, 6.45) is 0. The Balaban J connectivity index is 1.69. The lowest BCUT2D eigenvalue weighted by Gasteiger charge is -2.30. The van der Waals surface area contributed by atoms with Gasteiger partial charge in [0, 0.05) is 17.8 Å². The van der Waals surface area contributed by atoms with Gasteiger partial charge in [0.1, 0.15) is 18.9 Å². The van der Waals surface area contributed by atoms with E-state index in [0.29, 0.717) is 17.2 Å². The lowest BCUT2D eigenvalue weighted by atomic mass is 10.2. The molecular formula is C21H27FN3OS+. The minimum atomic E-state index is -0.195. The maximum absolute atomic E-state index is 14.2. The molecular weight excluding hydrogens is 361 g/mol. The van der Waals surface area contributed by atoms with Gasteiger partial charge in [-0.15, -0.1) is 0 Å². The van der Waals surface area contributed by atoms with Crippen LogP contribution in [0, 0.1) is 12.7 Å². The summed E-state index contributed by atoms with van der Waals surface area (Å²) in [6.45, 7) is 7.83. The van der Waals surface area contributed by atoms with E-state index < -0.39 is 0 Å². The number of hydrogen-bond acceptors (Lipinski definition) is 2. The van der Waals surface area contributed by atoms with Gasteiger partial charge in [0.2, 0.25) is 0 Å². The van der Waals surface area contributed by atoms with Crippen molar-refractivity contribution >= 4 is 23.0 Å². The molecule has 0 aromatic heterocycles. The molecule has 6 heteroatoms. The first kappa shape index (κ1) is 19.7. The van der Waals surface area contributed by atoms with Crippen molar-refractivity contribution in [3.05, 3.63) is 65.5 Å². The fourth-order valence-electron chi connectivity index (χ4n) is 3.21. The maximum atomic E-state index is 14.2. The number of rotatable bonds is 6. The Morgan fingerprint density at radius 1 is 1.19 bits per heavy atom. The first-order chi connectivity index (χ1) is 13.1. The Morgan fingerprint density at radius 3 is 2.70 bits per heavy atom.